The van der Waals surface area contributed by atoms with E-state index in [1.807, 2.05) is 6.07 Å². The van der Waals surface area contributed by atoms with Crippen LogP contribution in [-0.2, 0) is 6.54 Å². The first kappa shape index (κ1) is 18.1. The van der Waals surface area contributed by atoms with Crippen LogP contribution in [0.1, 0.15) is 31.2 Å². The molecule has 0 saturated carbocycles. The third-order valence-electron chi connectivity index (χ3n) is 4.08. The minimum atomic E-state index is 0. The highest BCUT2D eigenvalue weighted by Gasteiger charge is 2.21. The van der Waals surface area contributed by atoms with E-state index in [1.165, 1.54) is 31.4 Å². The van der Waals surface area contributed by atoms with Crippen molar-refractivity contribution in [1.29, 1.82) is 0 Å². The normalized spacial score (nSPS) is 18.9. The molecule has 21 heavy (non-hydrogen) atoms. The van der Waals surface area contributed by atoms with Crippen LogP contribution in [-0.4, -0.2) is 38.3 Å². The van der Waals surface area contributed by atoms with Crippen molar-refractivity contribution >= 4 is 12.4 Å². The van der Waals surface area contributed by atoms with Gasteiger partial charge in [-0.15, -0.1) is 12.4 Å². The minimum Gasteiger partial charge on any atom is -0.493 e. The number of halogens is 1. The summed E-state index contributed by atoms with van der Waals surface area (Å²) in [5.41, 5.74) is 7.01. The number of hydrogen-bond donors (Lipinski definition) is 1. The molecule has 1 aromatic rings. The molecule has 1 atom stereocenters. The Morgan fingerprint density at radius 1 is 1.19 bits per heavy atom. The largest absolute Gasteiger partial charge is 0.493 e. The van der Waals surface area contributed by atoms with Crippen molar-refractivity contribution in [3.8, 4) is 11.5 Å². The van der Waals surface area contributed by atoms with Crippen molar-refractivity contribution < 1.29 is 9.47 Å². The third-order valence-corrected chi connectivity index (χ3v) is 4.08. The summed E-state index contributed by atoms with van der Waals surface area (Å²) in [6.45, 7) is 2.90. The zero-order chi connectivity index (χ0) is 14.4. The zero-order valence-corrected chi connectivity index (χ0v) is 13.8. The maximum atomic E-state index is 5.74. The lowest BCUT2D eigenvalue weighted by Crippen LogP contribution is -2.40. The molecule has 0 aromatic heterocycles. The van der Waals surface area contributed by atoms with Gasteiger partial charge in [-0.3, -0.25) is 4.90 Å². The Kier molecular flexibility index (Phi) is 7.86. The fourth-order valence-electron chi connectivity index (χ4n) is 3.00. The van der Waals surface area contributed by atoms with Crippen LogP contribution in [0.2, 0.25) is 0 Å². The molecule has 0 spiro atoms. The van der Waals surface area contributed by atoms with Crippen molar-refractivity contribution in [3.63, 3.8) is 0 Å². The summed E-state index contributed by atoms with van der Waals surface area (Å²) in [5.74, 6) is 1.59. The predicted octanol–water partition coefficient (Wildman–Crippen LogP) is 2.83. The van der Waals surface area contributed by atoms with Crippen molar-refractivity contribution in [2.24, 2.45) is 5.73 Å². The van der Waals surface area contributed by atoms with E-state index < -0.39 is 0 Å². The second-order valence-electron chi connectivity index (χ2n) is 5.39. The van der Waals surface area contributed by atoms with E-state index in [4.69, 9.17) is 15.2 Å². The fraction of sp³-hybridized carbons (Fsp3) is 0.625. The molecule has 120 valence electrons. The van der Waals surface area contributed by atoms with E-state index in [0.29, 0.717) is 6.04 Å². The minimum absolute atomic E-state index is 0. The Morgan fingerprint density at radius 3 is 2.62 bits per heavy atom. The van der Waals surface area contributed by atoms with Gasteiger partial charge in [0.05, 0.1) is 14.2 Å². The van der Waals surface area contributed by atoms with E-state index >= 15 is 0 Å². The first-order valence-electron chi connectivity index (χ1n) is 7.43. The molecule has 2 rings (SSSR count). The summed E-state index contributed by atoms with van der Waals surface area (Å²) in [7, 11) is 3.35. The van der Waals surface area contributed by atoms with Gasteiger partial charge in [0, 0.05) is 12.6 Å². The number of nitrogens with zero attached hydrogens (tertiary/aromatic N) is 1. The van der Waals surface area contributed by atoms with E-state index in [2.05, 4.69) is 17.0 Å². The molecule has 1 saturated heterocycles. The SMILES string of the molecule is COc1ccc(CN2CCCCC2CCN)cc1OC.Cl. The Balaban J connectivity index is 0.00000220. The van der Waals surface area contributed by atoms with E-state index in [0.717, 1.165) is 31.0 Å². The van der Waals surface area contributed by atoms with Crippen LogP contribution >= 0.6 is 12.4 Å². The quantitative estimate of drug-likeness (QED) is 0.877. The van der Waals surface area contributed by atoms with E-state index in [-0.39, 0.29) is 12.4 Å². The molecular formula is C16H27ClN2O2. The van der Waals surface area contributed by atoms with Crippen LogP contribution in [0.5, 0.6) is 11.5 Å². The molecule has 1 heterocycles. The first-order chi connectivity index (χ1) is 9.78. The number of rotatable bonds is 6. The van der Waals surface area contributed by atoms with Crippen molar-refractivity contribution in [1.82, 2.24) is 4.90 Å². The standard InChI is InChI=1S/C16H26N2O2.ClH/c1-19-15-7-6-13(11-16(15)20-2)12-18-10-4-3-5-14(18)8-9-17;/h6-7,11,14H,3-5,8-10,12,17H2,1-2H3;1H. The average Bonchev–Trinajstić information content (AvgIpc) is 2.49. The van der Waals surface area contributed by atoms with Crippen molar-refractivity contribution in [2.45, 2.75) is 38.3 Å². The molecule has 2 N–H and O–H groups in total. The van der Waals surface area contributed by atoms with Crippen molar-refractivity contribution in [3.05, 3.63) is 23.8 Å². The Bertz CT molecular complexity index is 427. The Morgan fingerprint density at radius 2 is 1.95 bits per heavy atom. The second-order valence-corrected chi connectivity index (χ2v) is 5.39. The van der Waals surface area contributed by atoms with Gasteiger partial charge < -0.3 is 15.2 Å². The highest BCUT2D eigenvalue weighted by molar-refractivity contribution is 5.85. The van der Waals surface area contributed by atoms with Gasteiger partial charge >= 0.3 is 0 Å². The van der Waals surface area contributed by atoms with Crippen LogP contribution in [0, 0.1) is 0 Å². The first-order valence-corrected chi connectivity index (χ1v) is 7.43. The van der Waals surface area contributed by atoms with Crippen LogP contribution in [0.25, 0.3) is 0 Å². The summed E-state index contributed by atoms with van der Waals surface area (Å²) in [5, 5.41) is 0. The lowest BCUT2D eigenvalue weighted by atomic mass is 9.98. The molecule has 0 aliphatic carbocycles. The molecule has 0 radical (unpaired) electrons. The van der Waals surface area contributed by atoms with Gasteiger partial charge in [-0.1, -0.05) is 12.5 Å². The molecule has 0 amide bonds. The van der Waals surface area contributed by atoms with Gasteiger partial charge in [0.15, 0.2) is 11.5 Å². The summed E-state index contributed by atoms with van der Waals surface area (Å²) in [6, 6.07) is 6.81. The summed E-state index contributed by atoms with van der Waals surface area (Å²) in [4.78, 5) is 2.55. The number of piperidine rings is 1. The molecule has 1 fully saturated rings. The van der Waals surface area contributed by atoms with Crippen molar-refractivity contribution in [2.75, 3.05) is 27.3 Å². The molecule has 5 heteroatoms. The van der Waals surface area contributed by atoms with Gasteiger partial charge in [0.25, 0.3) is 0 Å². The topological polar surface area (TPSA) is 47.7 Å². The van der Waals surface area contributed by atoms with Gasteiger partial charge in [-0.2, -0.15) is 0 Å². The van der Waals surface area contributed by atoms with E-state index in [1.54, 1.807) is 14.2 Å². The van der Waals surface area contributed by atoms with Crippen LogP contribution in [0.15, 0.2) is 18.2 Å². The van der Waals surface area contributed by atoms with Gasteiger partial charge in [0.1, 0.15) is 0 Å². The van der Waals surface area contributed by atoms with Crippen LogP contribution in [0.4, 0.5) is 0 Å². The summed E-state index contributed by atoms with van der Waals surface area (Å²) >= 11 is 0. The number of likely N-dealkylation sites (tertiary alicyclic amines) is 1. The monoisotopic (exact) mass is 314 g/mol. The Labute approximate surface area is 134 Å². The summed E-state index contributed by atoms with van der Waals surface area (Å²) in [6.07, 6.45) is 4.97. The highest BCUT2D eigenvalue weighted by atomic mass is 35.5. The molecular weight excluding hydrogens is 288 g/mol. The number of methoxy groups -OCH3 is 2. The summed E-state index contributed by atoms with van der Waals surface area (Å²) < 4.78 is 10.7. The highest BCUT2D eigenvalue weighted by Crippen LogP contribution is 2.29. The van der Waals surface area contributed by atoms with E-state index in [9.17, 15) is 0 Å². The Hall–Kier alpha value is -0.970. The molecule has 1 aliphatic heterocycles. The number of ether oxygens (including phenoxy) is 2. The lowest BCUT2D eigenvalue weighted by Gasteiger charge is -2.35. The lowest BCUT2D eigenvalue weighted by molar-refractivity contribution is 0.134. The smallest absolute Gasteiger partial charge is 0.161 e. The molecule has 0 bridgehead atoms. The number of nitrogens with two attached hydrogens (primary N) is 1. The number of benzene rings is 1. The molecule has 1 aromatic carbocycles. The molecule has 1 unspecified atom stereocenters. The van der Waals surface area contributed by atoms with Gasteiger partial charge in [-0.25, -0.2) is 0 Å². The fourth-order valence-corrected chi connectivity index (χ4v) is 3.00. The maximum absolute atomic E-state index is 5.74. The van der Waals surface area contributed by atoms with Crippen LogP contribution in [0.3, 0.4) is 0 Å². The maximum Gasteiger partial charge on any atom is 0.161 e. The second kappa shape index (κ2) is 9.13. The van der Waals surface area contributed by atoms with Gasteiger partial charge in [0.2, 0.25) is 0 Å². The molecule has 4 nitrogen and oxygen atoms in total. The number of hydrogen-bond acceptors (Lipinski definition) is 4. The zero-order valence-electron chi connectivity index (χ0n) is 13.0. The van der Waals surface area contributed by atoms with Crippen LogP contribution < -0.4 is 15.2 Å². The third kappa shape index (κ3) is 4.77. The predicted molar refractivity (Wildman–Crippen MR) is 88.5 cm³/mol. The van der Waals surface area contributed by atoms with Gasteiger partial charge in [-0.05, 0) is 50.0 Å². The molecule has 1 aliphatic rings. The average molecular weight is 315 g/mol.